The molecule has 0 aromatic heterocycles. The highest BCUT2D eigenvalue weighted by molar-refractivity contribution is 6.24. The summed E-state index contributed by atoms with van der Waals surface area (Å²) in [7, 11) is 0. The summed E-state index contributed by atoms with van der Waals surface area (Å²) in [6.07, 6.45) is 7.05. The summed E-state index contributed by atoms with van der Waals surface area (Å²) in [5, 5.41) is 0. The zero-order chi connectivity index (χ0) is 16.8. The molecule has 0 radical (unpaired) electrons. The minimum Gasteiger partial charge on any atom is -0.302 e. The number of aldehydes is 2. The van der Waals surface area contributed by atoms with Gasteiger partial charge in [-0.15, -0.1) is 0 Å². The lowest BCUT2D eigenvalue weighted by molar-refractivity contribution is -0.112. The molecule has 0 N–H and O–H groups in total. The van der Waals surface area contributed by atoms with Crippen molar-refractivity contribution < 1.29 is 9.59 Å². The van der Waals surface area contributed by atoms with Crippen LogP contribution in [0.4, 0.5) is 0 Å². The minimum absolute atomic E-state index is 0.371. The largest absolute Gasteiger partial charge is 0.302 e. The van der Waals surface area contributed by atoms with Crippen molar-refractivity contribution in [3.05, 3.63) is 24.0 Å². The van der Waals surface area contributed by atoms with Crippen LogP contribution in [0, 0.1) is 10.8 Å². The van der Waals surface area contributed by atoms with E-state index in [2.05, 4.69) is 20.0 Å². The van der Waals surface area contributed by atoms with Crippen molar-refractivity contribution in [2.24, 2.45) is 30.8 Å². The molecular weight excluding hydrogens is 294 g/mol. The second-order valence-corrected chi connectivity index (χ2v) is 6.65. The van der Waals surface area contributed by atoms with E-state index in [0.29, 0.717) is 29.3 Å². The highest BCUT2D eigenvalue weighted by Gasteiger charge is 2.37. The van der Waals surface area contributed by atoms with Gasteiger partial charge in [0.1, 0.15) is 35.9 Å². The molecule has 0 unspecified atom stereocenters. The van der Waals surface area contributed by atoms with Crippen molar-refractivity contribution in [3.8, 4) is 0 Å². The molecule has 0 aliphatic carbocycles. The van der Waals surface area contributed by atoms with Crippen LogP contribution in [0.25, 0.3) is 0 Å². The van der Waals surface area contributed by atoms with Crippen molar-refractivity contribution in [1.82, 2.24) is 4.90 Å². The van der Waals surface area contributed by atoms with E-state index >= 15 is 0 Å². The predicted octanol–water partition coefficient (Wildman–Crippen LogP) is 1.73. The van der Waals surface area contributed by atoms with E-state index in [-0.39, 0.29) is 0 Å². The van der Waals surface area contributed by atoms with E-state index in [0.717, 1.165) is 12.6 Å². The molecule has 23 heavy (non-hydrogen) atoms. The second-order valence-electron chi connectivity index (χ2n) is 6.65. The Hall–Kier alpha value is -2.70. The van der Waals surface area contributed by atoms with Crippen LogP contribution < -0.4 is 0 Å². The van der Waals surface area contributed by atoms with Crippen LogP contribution in [0.1, 0.15) is 27.7 Å². The topological polar surface area (TPSA) is 86.8 Å². The van der Waals surface area contributed by atoms with Gasteiger partial charge in [0.05, 0.1) is 10.8 Å². The Morgan fingerprint density at radius 2 is 1.52 bits per heavy atom. The first-order valence-corrected chi connectivity index (χ1v) is 7.25. The summed E-state index contributed by atoms with van der Waals surface area (Å²) in [5.41, 5.74) is -1.66. The van der Waals surface area contributed by atoms with Crippen molar-refractivity contribution in [2.75, 3.05) is 0 Å². The Labute approximate surface area is 133 Å². The maximum Gasteiger partial charge on any atom is 0.240 e. The lowest BCUT2D eigenvalue weighted by Crippen LogP contribution is -2.45. The number of hydrogen-bond acceptors (Lipinski definition) is 7. The molecule has 0 saturated heterocycles. The van der Waals surface area contributed by atoms with Crippen LogP contribution in [-0.4, -0.2) is 40.9 Å². The second kappa shape index (κ2) is 4.91. The SMILES string of the molecule is CC(C)(C=O)C1=NC2=CC=CC3=NC(C(C)(C)C=O)=NC(=N1)N23. The summed E-state index contributed by atoms with van der Waals surface area (Å²) in [5.74, 6) is 2.35. The number of rotatable bonds is 4. The van der Waals surface area contributed by atoms with Crippen LogP contribution >= 0.6 is 0 Å². The molecule has 0 saturated carbocycles. The van der Waals surface area contributed by atoms with E-state index in [1.807, 2.05) is 6.08 Å². The molecular formula is C16H17N5O2. The Morgan fingerprint density at radius 1 is 0.913 bits per heavy atom. The van der Waals surface area contributed by atoms with Crippen molar-refractivity contribution in [1.29, 1.82) is 0 Å². The van der Waals surface area contributed by atoms with Crippen LogP contribution in [0.15, 0.2) is 44.0 Å². The molecule has 0 aromatic carbocycles. The maximum absolute atomic E-state index is 11.3. The quantitative estimate of drug-likeness (QED) is 0.741. The normalized spacial score (nSPS) is 19.8. The summed E-state index contributed by atoms with van der Waals surface area (Å²) in [6, 6.07) is 0. The lowest BCUT2D eigenvalue weighted by atomic mass is 9.93. The minimum atomic E-state index is -0.828. The van der Waals surface area contributed by atoms with Gasteiger partial charge in [0.2, 0.25) is 5.96 Å². The molecule has 118 valence electrons. The first-order valence-electron chi connectivity index (χ1n) is 7.25. The molecule has 0 atom stereocenters. The van der Waals surface area contributed by atoms with Crippen molar-refractivity contribution >= 4 is 36.0 Å². The van der Waals surface area contributed by atoms with E-state index in [1.54, 1.807) is 44.7 Å². The average Bonchev–Trinajstić information content (AvgIpc) is 2.54. The van der Waals surface area contributed by atoms with Gasteiger partial charge >= 0.3 is 0 Å². The average molecular weight is 311 g/mol. The van der Waals surface area contributed by atoms with E-state index in [1.165, 1.54) is 0 Å². The third-order valence-electron chi connectivity index (χ3n) is 3.74. The summed E-state index contributed by atoms with van der Waals surface area (Å²) < 4.78 is 0. The molecule has 0 fully saturated rings. The number of guanidine groups is 1. The molecule has 3 aliphatic heterocycles. The van der Waals surface area contributed by atoms with Gasteiger partial charge in [-0.3, -0.25) is 0 Å². The number of hydrogen-bond donors (Lipinski definition) is 0. The highest BCUT2D eigenvalue weighted by Crippen LogP contribution is 2.29. The van der Waals surface area contributed by atoms with Crippen LogP contribution in [0.2, 0.25) is 0 Å². The molecule has 0 aromatic rings. The molecule has 3 heterocycles. The van der Waals surface area contributed by atoms with Gasteiger partial charge in [0.15, 0.2) is 0 Å². The first-order chi connectivity index (χ1) is 10.8. The molecule has 0 spiro atoms. The fraction of sp³-hybridized carbons (Fsp3) is 0.375. The predicted molar refractivity (Wildman–Crippen MR) is 88.5 cm³/mol. The number of aliphatic imine (C=N–C) groups is 4. The molecule has 3 aliphatic rings. The van der Waals surface area contributed by atoms with Crippen molar-refractivity contribution in [3.63, 3.8) is 0 Å². The highest BCUT2D eigenvalue weighted by atomic mass is 16.1. The number of carbonyl (C=O) groups excluding carboxylic acids is 2. The maximum atomic E-state index is 11.3. The Balaban J connectivity index is 2.17. The zero-order valence-electron chi connectivity index (χ0n) is 13.4. The third-order valence-corrected chi connectivity index (χ3v) is 3.74. The summed E-state index contributed by atoms with van der Waals surface area (Å²) >= 11 is 0. The first kappa shape index (κ1) is 15.2. The number of carbonyl (C=O) groups is 2. The van der Waals surface area contributed by atoms with Gasteiger partial charge in [0, 0.05) is 0 Å². The van der Waals surface area contributed by atoms with E-state index < -0.39 is 10.8 Å². The van der Waals surface area contributed by atoms with Gasteiger partial charge in [-0.05, 0) is 39.8 Å². The summed E-state index contributed by atoms with van der Waals surface area (Å²) in [4.78, 5) is 42.1. The molecule has 7 heteroatoms. The van der Waals surface area contributed by atoms with Gasteiger partial charge in [-0.1, -0.05) is 6.08 Å². The van der Waals surface area contributed by atoms with Crippen LogP contribution in [-0.2, 0) is 9.59 Å². The molecule has 0 bridgehead atoms. The van der Waals surface area contributed by atoms with Gasteiger partial charge in [-0.2, -0.15) is 9.98 Å². The molecule has 3 rings (SSSR count). The fourth-order valence-electron chi connectivity index (χ4n) is 2.13. The number of amidine groups is 3. The van der Waals surface area contributed by atoms with E-state index in [4.69, 9.17) is 0 Å². The number of nitrogens with zero attached hydrogens (tertiary/aromatic N) is 5. The van der Waals surface area contributed by atoms with Crippen LogP contribution in [0.5, 0.6) is 0 Å². The van der Waals surface area contributed by atoms with Gasteiger partial charge < -0.3 is 9.59 Å². The zero-order valence-corrected chi connectivity index (χ0v) is 13.4. The Morgan fingerprint density at radius 3 is 2.13 bits per heavy atom. The smallest absolute Gasteiger partial charge is 0.240 e. The third kappa shape index (κ3) is 2.38. The van der Waals surface area contributed by atoms with Gasteiger partial charge in [0.25, 0.3) is 0 Å². The molecule has 7 nitrogen and oxygen atoms in total. The molecule has 0 amide bonds. The fourth-order valence-corrected chi connectivity index (χ4v) is 2.13. The van der Waals surface area contributed by atoms with E-state index in [9.17, 15) is 9.59 Å². The Kier molecular flexibility index (Phi) is 3.24. The van der Waals surface area contributed by atoms with Gasteiger partial charge in [-0.25, -0.2) is 14.9 Å². The summed E-state index contributed by atoms with van der Waals surface area (Å²) in [6.45, 7) is 6.98. The number of allylic oxidation sites excluding steroid dienone is 2. The lowest BCUT2D eigenvalue weighted by Gasteiger charge is -2.34. The van der Waals surface area contributed by atoms with Crippen LogP contribution in [0.3, 0.4) is 0 Å². The van der Waals surface area contributed by atoms with Crippen molar-refractivity contribution in [2.45, 2.75) is 27.7 Å². The standard InChI is InChI=1S/C16H17N5O2/c1-15(2,8-22)12-17-10-6-5-7-11-18-13(16(3,4)9-23)20-14(19-12)21(10)11/h5-9H,1-4H3. The monoisotopic (exact) mass is 311 g/mol. The Bertz CT molecular complexity index is 758.